The van der Waals surface area contributed by atoms with Crippen LogP contribution >= 0.6 is 11.7 Å². The van der Waals surface area contributed by atoms with E-state index in [-0.39, 0.29) is 32.1 Å². The summed E-state index contributed by atoms with van der Waals surface area (Å²) < 4.78 is 18.1. The minimum Gasteiger partial charge on any atom is -0.473 e. The van der Waals surface area contributed by atoms with E-state index in [0.717, 1.165) is 11.7 Å². The number of aryl methyl sites for hydroxylation is 1. The Morgan fingerprint density at radius 3 is 2.82 bits per heavy atom. The maximum Gasteiger partial charge on any atom is 0.305 e. The molecule has 0 amide bonds. The maximum atomic E-state index is 11.1. The second-order valence-electron chi connectivity index (χ2n) is 5.48. The van der Waals surface area contributed by atoms with Crippen LogP contribution in [0.2, 0.25) is 0 Å². The van der Waals surface area contributed by atoms with Crippen LogP contribution in [-0.2, 0) is 16.0 Å². The molecular formula is C13H23N3O5S. The van der Waals surface area contributed by atoms with Gasteiger partial charge in [0.05, 0.1) is 31.9 Å². The Morgan fingerprint density at radius 2 is 2.18 bits per heavy atom. The monoisotopic (exact) mass is 333 g/mol. The van der Waals surface area contributed by atoms with Crippen LogP contribution in [0.1, 0.15) is 26.0 Å². The summed E-state index contributed by atoms with van der Waals surface area (Å²) in [5.74, 6) is 0.00351. The molecule has 0 spiro atoms. The van der Waals surface area contributed by atoms with E-state index < -0.39 is 11.6 Å². The fourth-order valence-electron chi connectivity index (χ4n) is 1.47. The van der Waals surface area contributed by atoms with E-state index in [1.54, 1.807) is 0 Å². The largest absolute Gasteiger partial charge is 0.473 e. The molecule has 0 aliphatic carbocycles. The van der Waals surface area contributed by atoms with Crippen molar-refractivity contribution in [3.05, 3.63) is 5.69 Å². The number of aliphatic hydroxyl groups is 2. The Bertz CT molecular complexity index is 466. The number of hydrogen-bond donors (Lipinski definition) is 3. The van der Waals surface area contributed by atoms with Gasteiger partial charge in [0.25, 0.3) is 0 Å². The van der Waals surface area contributed by atoms with E-state index in [4.69, 9.17) is 9.84 Å². The molecule has 0 bridgehead atoms. The summed E-state index contributed by atoms with van der Waals surface area (Å²) in [6.07, 6.45) is -0.168. The Balaban J connectivity index is 2.38. The number of nitrogens with zero attached hydrogens (tertiary/aromatic N) is 2. The van der Waals surface area contributed by atoms with Gasteiger partial charge in [0.2, 0.25) is 5.88 Å². The lowest BCUT2D eigenvalue weighted by Crippen LogP contribution is -2.47. The smallest absolute Gasteiger partial charge is 0.305 e. The Kier molecular flexibility index (Phi) is 7.66. The van der Waals surface area contributed by atoms with Crippen LogP contribution in [0.5, 0.6) is 5.88 Å². The van der Waals surface area contributed by atoms with Crippen molar-refractivity contribution in [2.24, 2.45) is 0 Å². The summed E-state index contributed by atoms with van der Waals surface area (Å²) in [6, 6.07) is 0. The number of hydrogen-bond acceptors (Lipinski definition) is 9. The molecule has 0 aliphatic rings. The van der Waals surface area contributed by atoms with Gasteiger partial charge >= 0.3 is 5.97 Å². The van der Waals surface area contributed by atoms with Gasteiger partial charge in [0, 0.05) is 18.5 Å². The standard InChI is InChI=1S/C13H23N3O5S/c1-13(2,8-17)14-6-9(18)7-21-12-10(15-22-16-12)4-5-11(19)20-3/h9,14,17-18H,4-8H2,1-3H3. The number of carbonyl (C=O) groups excluding carboxylic acids is 1. The normalized spacial score (nSPS) is 13.0. The van der Waals surface area contributed by atoms with Gasteiger partial charge in [-0.15, -0.1) is 4.37 Å². The average molecular weight is 333 g/mol. The first-order valence-electron chi connectivity index (χ1n) is 6.93. The van der Waals surface area contributed by atoms with Crippen LogP contribution < -0.4 is 10.1 Å². The summed E-state index contributed by atoms with van der Waals surface area (Å²) in [5, 5.41) is 22.0. The third-order valence-electron chi connectivity index (χ3n) is 2.94. The number of ether oxygens (including phenoxy) is 2. The zero-order valence-corrected chi connectivity index (χ0v) is 13.9. The minimum atomic E-state index is -0.749. The molecular weight excluding hydrogens is 310 g/mol. The highest BCUT2D eigenvalue weighted by Crippen LogP contribution is 2.17. The highest BCUT2D eigenvalue weighted by atomic mass is 32.1. The van der Waals surface area contributed by atoms with Crippen molar-refractivity contribution in [3.8, 4) is 5.88 Å². The molecule has 22 heavy (non-hydrogen) atoms. The lowest BCUT2D eigenvalue weighted by atomic mass is 10.1. The van der Waals surface area contributed by atoms with Crippen LogP contribution in [0.25, 0.3) is 0 Å². The van der Waals surface area contributed by atoms with Gasteiger partial charge in [0.1, 0.15) is 18.4 Å². The van der Waals surface area contributed by atoms with Crippen LogP contribution in [0.3, 0.4) is 0 Å². The van der Waals surface area contributed by atoms with Crippen molar-refractivity contribution in [2.45, 2.75) is 38.3 Å². The summed E-state index contributed by atoms with van der Waals surface area (Å²) in [4.78, 5) is 11.1. The number of nitrogens with one attached hydrogen (secondary N) is 1. The van der Waals surface area contributed by atoms with Crippen molar-refractivity contribution < 1.29 is 24.5 Å². The van der Waals surface area contributed by atoms with E-state index in [1.165, 1.54) is 7.11 Å². The van der Waals surface area contributed by atoms with Gasteiger partial charge in [-0.2, -0.15) is 4.37 Å². The second kappa shape index (κ2) is 8.99. The molecule has 8 nitrogen and oxygen atoms in total. The summed E-state index contributed by atoms with van der Waals surface area (Å²) in [5.41, 5.74) is 0.112. The van der Waals surface area contributed by atoms with E-state index in [9.17, 15) is 9.90 Å². The molecule has 0 saturated heterocycles. The third kappa shape index (κ3) is 6.65. The number of β-amino-alcohol motifs (C(OH)–C–C–N with tert-alkyl or cyclic N) is 1. The van der Waals surface area contributed by atoms with E-state index in [1.807, 2.05) is 13.8 Å². The summed E-state index contributed by atoms with van der Waals surface area (Å²) in [7, 11) is 1.33. The number of aliphatic hydroxyl groups excluding tert-OH is 2. The third-order valence-corrected chi connectivity index (χ3v) is 3.49. The van der Waals surface area contributed by atoms with E-state index >= 15 is 0 Å². The first-order valence-corrected chi connectivity index (χ1v) is 7.66. The minimum absolute atomic E-state index is 0.0335. The van der Waals surface area contributed by atoms with E-state index in [0.29, 0.717) is 18.0 Å². The molecule has 1 aromatic heterocycles. The molecule has 1 atom stereocenters. The Morgan fingerprint density at radius 1 is 1.45 bits per heavy atom. The lowest BCUT2D eigenvalue weighted by molar-refractivity contribution is -0.140. The highest BCUT2D eigenvalue weighted by Gasteiger charge is 2.18. The molecule has 1 unspecified atom stereocenters. The van der Waals surface area contributed by atoms with Crippen molar-refractivity contribution >= 4 is 17.7 Å². The van der Waals surface area contributed by atoms with Crippen LogP contribution in [0.4, 0.5) is 0 Å². The van der Waals surface area contributed by atoms with Gasteiger partial charge in [-0.05, 0) is 13.8 Å². The first kappa shape index (κ1) is 18.8. The molecule has 1 heterocycles. The Labute approximate surface area is 133 Å². The number of methoxy groups -OCH3 is 1. The van der Waals surface area contributed by atoms with Crippen LogP contribution in [0, 0.1) is 0 Å². The highest BCUT2D eigenvalue weighted by molar-refractivity contribution is 6.99. The first-order chi connectivity index (χ1) is 10.4. The molecule has 0 fully saturated rings. The summed E-state index contributed by atoms with van der Waals surface area (Å²) >= 11 is 0.991. The number of rotatable bonds is 10. The van der Waals surface area contributed by atoms with Gasteiger partial charge < -0.3 is 25.0 Å². The number of esters is 1. The van der Waals surface area contributed by atoms with Gasteiger partial charge in [0.15, 0.2) is 0 Å². The number of carbonyl (C=O) groups is 1. The SMILES string of the molecule is COC(=O)CCc1nsnc1OCC(O)CNC(C)(C)CO. The summed E-state index contributed by atoms with van der Waals surface area (Å²) in [6.45, 7) is 3.95. The second-order valence-corrected chi connectivity index (χ2v) is 6.01. The molecule has 126 valence electrons. The predicted molar refractivity (Wildman–Crippen MR) is 80.9 cm³/mol. The molecule has 0 radical (unpaired) electrons. The number of aromatic nitrogens is 2. The molecule has 1 rings (SSSR count). The predicted octanol–water partition coefficient (Wildman–Crippen LogP) is -0.256. The fourth-order valence-corrected chi connectivity index (χ4v) is 2.01. The molecule has 0 saturated carbocycles. The van der Waals surface area contributed by atoms with Crippen molar-refractivity contribution in [3.63, 3.8) is 0 Å². The Hall–Kier alpha value is -1.29. The van der Waals surface area contributed by atoms with Crippen LogP contribution in [-0.4, -0.2) is 63.4 Å². The molecule has 3 N–H and O–H groups in total. The van der Waals surface area contributed by atoms with Crippen molar-refractivity contribution in [1.29, 1.82) is 0 Å². The fraction of sp³-hybridized carbons (Fsp3) is 0.769. The lowest BCUT2D eigenvalue weighted by Gasteiger charge is -2.25. The topological polar surface area (TPSA) is 114 Å². The van der Waals surface area contributed by atoms with Crippen molar-refractivity contribution in [2.75, 3.05) is 26.9 Å². The van der Waals surface area contributed by atoms with Crippen LogP contribution in [0.15, 0.2) is 0 Å². The van der Waals surface area contributed by atoms with Gasteiger partial charge in [-0.25, -0.2) is 0 Å². The molecule has 0 aliphatic heterocycles. The molecule has 9 heteroatoms. The zero-order chi connectivity index (χ0) is 16.6. The van der Waals surface area contributed by atoms with Gasteiger partial charge in [-0.1, -0.05) is 0 Å². The molecule has 1 aromatic rings. The average Bonchev–Trinajstić information content (AvgIpc) is 2.96. The quantitative estimate of drug-likeness (QED) is 0.502. The van der Waals surface area contributed by atoms with E-state index in [2.05, 4.69) is 18.8 Å². The van der Waals surface area contributed by atoms with Gasteiger partial charge in [-0.3, -0.25) is 4.79 Å². The maximum absolute atomic E-state index is 11.1. The van der Waals surface area contributed by atoms with Crippen molar-refractivity contribution in [1.82, 2.24) is 14.1 Å². The zero-order valence-electron chi connectivity index (χ0n) is 13.0. The molecule has 0 aromatic carbocycles.